The van der Waals surface area contributed by atoms with Gasteiger partial charge in [-0.15, -0.1) is 0 Å². The molecule has 33 heavy (non-hydrogen) atoms. The van der Waals surface area contributed by atoms with Gasteiger partial charge in [0.1, 0.15) is 17.3 Å². The van der Waals surface area contributed by atoms with Crippen LogP contribution in [-0.2, 0) is 0 Å². The monoisotopic (exact) mass is 446 g/mol. The van der Waals surface area contributed by atoms with Crippen molar-refractivity contribution >= 4 is 11.7 Å². The number of carbonyl (C=O) groups is 1. The molecule has 0 bridgehead atoms. The first-order valence-electron chi connectivity index (χ1n) is 11.5. The number of aromatic nitrogens is 2. The molecule has 0 aliphatic heterocycles. The molecule has 7 heteroatoms. The van der Waals surface area contributed by atoms with Gasteiger partial charge in [-0.25, -0.2) is 14.4 Å². The quantitative estimate of drug-likeness (QED) is 0.546. The minimum Gasteiger partial charge on any atom is -0.393 e. The minimum atomic E-state index is -0.616. The number of nitrogens with two attached hydrogens (primary N) is 1. The highest BCUT2D eigenvalue weighted by molar-refractivity contribution is 5.95. The average molecular weight is 447 g/mol. The largest absolute Gasteiger partial charge is 0.393 e. The number of amides is 1. The van der Waals surface area contributed by atoms with Crippen molar-refractivity contribution in [3.8, 4) is 11.3 Å². The van der Waals surface area contributed by atoms with E-state index in [1.165, 1.54) is 17.7 Å². The van der Waals surface area contributed by atoms with Gasteiger partial charge in [-0.2, -0.15) is 0 Å². The highest BCUT2D eigenvalue weighted by Crippen LogP contribution is 2.41. The first-order valence-corrected chi connectivity index (χ1v) is 11.5. The van der Waals surface area contributed by atoms with Gasteiger partial charge in [0.25, 0.3) is 5.91 Å². The Morgan fingerprint density at radius 3 is 2.58 bits per heavy atom. The Balaban J connectivity index is 1.31. The standard InChI is InChI=1S/C26H27FN4O2/c27-21-12-17(24-25(28)29-14-23(30-24)16-6-9-18(32)10-7-16)8-11-19(21)26(33)31-22-13-20(22)15-4-2-1-3-5-15/h1-5,8,11-12,14,16,18,20,22,32H,6-7,9-10,13H2,(H2,28,29)(H,31,33)/t16?,18?,20-,22+/m0/s1. The molecule has 1 amide bonds. The summed E-state index contributed by atoms with van der Waals surface area (Å²) in [6, 6.07) is 14.5. The number of benzene rings is 2. The summed E-state index contributed by atoms with van der Waals surface area (Å²) in [6.45, 7) is 0. The molecule has 2 fully saturated rings. The van der Waals surface area contributed by atoms with E-state index in [1.807, 2.05) is 30.3 Å². The highest BCUT2D eigenvalue weighted by Gasteiger charge is 2.39. The number of aliphatic hydroxyl groups is 1. The third-order valence-corrected chi connectivity index (χ3v) is 6.76. The molecule has 2 atom stereocenters. The van der Waals surface area contributed by atoms with Gasteiger partial charge in [-0.05, 0) is 49.8 Å². The molecule has 0 unspecified atom stereocenters. The molecular formula is C26H27FN4O2. The SMILES string of the molecule is Nc1ncc(C2CCC(O)CC2)nc1-c1ccc(C(=O)N[C@@H]2C[C@H]2c2ccccc2)c(F)c1. The van der Waals surface area contributed by atoms with Crippen molar-refractivity contribution < 1.29 is 14.3 Å². The van der Waals surface area contributed by atoms with Crippen LogP contribution in [0.1, 0.15) is 65.6 Å². The maximum Gasteiger partial charge on any atom is 0.254 e. The van der Waals surface area contributed by atoms with Gasteiger partial charge in [0.2, 0.25) is 0 Å². The van der Waals surface area contributed by atoms with E-state index in [9.17, 15) is 14.3 Å². The Bertz CT molecular complexity index is 1160. The molecule has 2 aliphatic carbocycles. The Morgan fingerprint density at radius 2 is 1.85 bits per heavy atom. The number of halogens is 1. The zero-order valence-corrected chi connectivity index (χ0v) is 18.2. The number of hydrogen-bond donors (Lipinski definition) is 3. The first kappa shape index (κ1) is 21.5. The van der Waals surface area contributed by atoms with Crippen molar-refractivity contribution in [2.75, 3.05) is 5.73 Å². The summed E-state index contributed by atoms with van der Waals surface area (Å²) in [6.07, 6.45) is 5.39. The summed E-state index contributed by atoms with van der Waals surface area (Å²) in [5.74, 6) is -0.345. The molecule has 6 nitrogen and oxygen atoms in total. The summed E-state index contributed by atoms with van der Waals surface area (Å²) in [5.41, 5.74) is 8.93. The van der Waals surface area contributed by atoms with E-state index in [1.54, 1.807) is 12.3 Å². The van der Waals surface area contributed by atoms with E-state index in [0.717, 1.165) is 37.8 Å². The smallest absolute Gasteiger partial charge is 0.254 e. The molecule has 0 saturated heterocycles. The van der Waals surface area contributed by atoms with Crippen LogP contribution in [0.2, 0.25) is 0 Å². The number of nitrogen functional groups attached to an aromatic ring is 1. The van der Waals surface area contributed by atoms with Crippen LogP contribution in [0.25, 0.3) is 11.3 Å². The van der Waals surface area contributed by atoms with E-state index in [4.69, 9.17) is 5.73 Å². The maximum absolute atomic E-state index is 14.9. The van der Waals surface area contributed by atoms with Crippen LogP contribution >= 0.6 is 0 Å². The molecule has 4 N–H and O–H groups in total. The fourth-order valence-corrected chi connectivity index (χ4v) is 4.71. The number of nitrogens with one attached hydrogen (secondary N) is 1. The number of carbonyl (C=O) groups excluding carboxylic acids is 1. The van der Waals surface area contributed by atoms with Crippen LogP contribution in [0.3, 0.4) is 0 Å². The second-order valence-electron chi connectivity index (χ2n) is 9.06. The lowest BCUT2D eigenvalue weighted by Gasteiger charge is -2.25. The Labute approximate surface area is 192 Å². The summed E-state index contributed by atoms with van der Waals surface area (Å²) in [7, 11) is 0. The lowest BCUT2D eigenvalue weighted by Crippen LogP contribution is -2.27. The molecule has 0 spiro atoms. The van der Waals surface area contributed by atoms with Gasteiger partial charge >= 0.3 is 0 Å². The second-order valence-corrected chi connectivity index (χ2v) is 9.06. The number of rotatable bonds is 5. The Hall–Kier alpha value is -3.32. The van der Waals surface area contributed by atoms with Crippen molar-refractivity contribution in [3.63, 3.8) is 0 Å². The fraction of sp³-hybridized carbons (Fsp3) is 0.346. The molecule has 5 rings (SSSR count). The van der Waals surface area contributed by atoms with Crippen molar-refractivity contribution in [2.24, 2.45) is 0 Å². The van der Waals surface area contributed by atoms with E-state index < -0.39 is 11.7 Å². The van der Waals surface area contributed by atoms with Gasteiger partial charge < -0.3 is 16.2 Å². The fourth-order valence-electron chi connectivity index (χ4n) is 4.71. The van der Waals surface area contributed by atoms with Crippen LogP contribution < -0.4 is 11.1 Å². The topological polar surface area (TPSA) is 101 Å². The van der Waals surface area contributed by atoms with Crippen molar-refractivity contribution in [1.29, 1.82) is 0 Å². The number of anilines is 1. The predicted molar refractivity (Wildman–Crippen MR) is 124 cm³/mol. The van der Waals surface area contributed by atoms with E-state index in [2.05, 4.69) is 15.3 Å². The molecule has 1 aromatic heterocycles. The van der Waals surface area contributed by atoms with Gasteiger partial charge in [0.15, 0.2) is 0 Å². The van der Waals surface area contributed by atoms with E-state index in [0.29, 0.717) is 11.3 Å². The van der Waals surface area contributed by atoms with Crippen LogP contribution in [0.4, 0.5) is 10.2 Å². The third-order valence-electron chi connectivity index (χ3n) is 6.76. The van der Waals surface area contributed by atoms with Crippen molar-refractivity contribution in [3.05, 3.63) is 77.4 Å². The molecule has 0 radical (unpaired) electrons. The van der Waals surface area contributed by atoms with E-state index in [-0.39, 0.29) is 35.4 Å². The van der Waals surface area contributed by atoms with E-state index >= 15 is 0 Å². The van der Waals surface area contributed by atoms with Crippen LogP contribution in [-0.4, -0.2) is 33.1 Å². The molecule has 170 valence electrons. The van der Waals surface area contributed by atoms with Crippen LogP contribution in [0, 0.1) is 5.82 Å². The Kier molecular flexibility index (Phi) is 5.81. The minimum absolute atomic E-state index is 0.00131. The summed E-state index contributed by atoms with van der Waals surface area (Å²) < 4.78 is 14.9. The van der Waals surface area contributed by atoms with Crippen LogP contribution in [0.5, 0.6) is 0 Å². The normalized spacial score (nSPS) is 24.3. The van der Waals surface area contributed by atoms with Gasteiger partial charge in [-0.3, -0.25) is 4.79 Å². The lowest BCUT2D eigenvalue weighted by atomic mass is 9.85. The van der Waals surface area contributed by atoms with Gasteiger partial charge in [0.05, 0.1) is 23.6 Å². The number of nitrogens with zero attached hydrogens (tertiary/aromatic N) is 2. The van der Waals surface area contributed by atoms with Gasteiger partial charge in [-0.1, -0.05) is 36.4 Å². The molecular weight excluding hydrogens is 419 g/mol. The van der Waals surface area contributed by atoms with Crippen LogP contribution in [0.15, 0.2) is 54.7 Å². The lowest BCUT2D eigenvalue weighted by molar-refractivity contribution is 0.0946. The molecule has 2 aliphatic rings. The van der Waals surface area contributed by atoms with Gasteiger partial charge in [0, 0.05) is 23.4 Å². The zero-order chi connectivity index (χ0) is 22.9. The summed E-state index contributed by atoms with van der Waals surface area (Å²) in [4.78, 5) is 21.6. The average Bonchev–Trinajstić information content (AvgIpc) is 3.59. The predicted octanol–water partition coefficient (Wildman–Crippen LogP) is 4.17. The Morgan fingerprint density at radius 1 is 1.09 bits per heavy atom. The molecule has 2 saturated carbocycles. The summed E-state index contributed by atoms with van der Waals surface area (Å²) >= 11 is 0. The van der Waals surface area contributed by atoms with Crippen molar-refractivity contribution in [1.82, 2.24) is 15.3 Å². The number of aliphatic hydroxyl groups excluding tert-OH is 1. The molecule has 3 aromatic rings. The second kappa shape index (κ2) is 8.90. The van der Waals surface area contributed by atoms with Crippen molar-refractivity contribution in [2.45, 2.75) is 56.1 Å². The molecule has 1 heterocycles. The number of hydrogen-bond acceptors (Lipinski definition) is 5. The molecule has 2 aromatic carbocycles. The maximum atomic E-state index is 14.9. The summed E-state index contributed by atoms with van der Waals surface area (Å²) in [5, 5.41) is 12.7. The first-order chi connectivity index (χ1) is 16.0. The zero-order valence-electron chi connectivity index (χ0n) is 18.2. The highest BCUT2D eigenvalue weighted by atomic mass is 19.1. The third kappa shape index (κ3) is 4.59.